The number of aromatic nitrogens is 2. The van der Waals surface area contributed by atoms with Crippen molar-refractivity contribution in [1.82, 2.24) is 19.8 Å². The Labute approximate surface area is 317 Å². The molecule has 0 amide bonds. The van der Waals surface area contributed by atoms with Crippen molar-refractivity contribution >= 4 is 34.4 Å². The number of rotatable bonds is 13. The summed E-state index contributed by atoms with van der Waals surface area (Å²) < 4.78 is 51.1. The summed E-state index contributed by atoms with van der Waals surface area (Å²) in [5.41, 5.74) is 4.92. The number of nitrogens with zero attached hydrogens (tertiary/aromatic N) is 4. The van der Waals surface area contributed by atoms with Crippen LogP contribution in [-0.4, -0.2) is 105 Å². The van der Waals surface area contributed by atoms with Crippen LogP contribution in [0.1, 0.15) is 5.56 Å². The molecule has 2 aromatic carbocycles. The molecular weight excluding hydrogens is 697 g/mol. The number of aryl methyl sites for hydroxylation is 1. The first-order valence-corrected chi connectivity index (χ1v) is 17.7. The van der Waals surface area contributed by atoms with Crippen molar-refractivity contribution in [3.63, 3.8) is 0 Å². The van der Waals surface area contributed by atoms with Crippen LogP contribution in [0.3, 0.4) is 0 Å². The minimum absolute atomic E-state index is 0.264. The third-order valence-electron chi connectivity index (χ3n) is 7.93. The zero-order chi connectivity index (χ0) is 39.0. The van der Waals surface area contributed by atoms with E-state index in [1.165, 1.54) is 29.8 Å². The Hall–Kier alpha value is -5.15. The van der Waals surface area contributed by atoms with Gasteiger partial charge in [0.2, 0.25) is 0 Å². The predicted octanol–water partition coefficient (Wildman–Crippen LogP) is 7.95. The van der Waals surface area contributed by atoms with Crippen LogP contribution in [0.4, 0.5) is 47.6 Å². The molecule has 4 N–H and O–H groups in total. The highest BCUT2D eigenvalue weighted by molar-refractivity contribution is 5.62. The molecule has 0 atom stereocenters. The summed E-state index contributed by atoms with van der Waals surface area (Å²) in [6, 6.07) is 21.6. The van der Waals surface area contributed by atoms with E-state index in [1.807, 2.05) is 30.5 Å². The first-order valence-electron chi connectivity index (χ1n) is 17.7. The average Bonchev–Trinajstić information content (AvgIpc) is 3.19. The van der Waals surface area contributed by atoms with Gasteiger partial charge in [-0.1, -0.05) is 17.7 Å². The lowest BCUT2D eigenvalue weighted by Crippen LogP contribution is -2.39. The third-order valence-corrected chi connectivity index (χ3v) is 7.93. The quantitative estimate of drug-likeness (QED) is 0.100. The van der Waals surface area contributed by atoms with E-state index in [9.17, 15) is 13.2 Å². The van der Waals surface area contributed by atoms with Crippen molar-refractivity contribution < 1.29 is 27.4 Å². The van der Waals surface area contributed by atoms with E-state index in [1.54, 1.807) is 6.20 Å². The maximum atomic E-state index is 12.2. The second-order valence-electron chi connectivity index (χ2n) is 11.8. The molecule has 4 aromatic rings. The molecule has 2 fully saturated rings. The maximum Gasteiger partial charge on any atom is 0.573 e. The number of alkyl halides is 3. The Kier molecular flexibility index (Phi) is 19.4. The Balaban J connectivity index is 0.000000269. The predicted molar refractivity (Wildman–Crippen MR) is 213 cm³/mol. The van der Waals surface area contributed by atoms with E-state index in [2.05, 4.69) is 103 Å². The van der Waals surface area contributed by atoms with E-state index < -0.39 is 6.36 Å². The molecule has 4 heterocycles. The summed E-state index contributed by atoms with van der Waals surface area (Å²) in [4.78, 5) is 13.4. The van der Waals surface area contributed by atoms with E-state index in [4.69, 9.17) is 9.47 Å². The monoisotopic (exact) mass is 750 g/mol. The largest absolute Gasteiger partial charge is 0.573 e. The average molecular weight is 751 g/mol. The summed E-state index contributed by atoms with van der Waals surface area (Å²) in [5.74, 6) is 1.18. The number of hydrogen-bond acceptors (Lipinski definition) is 11. The Morgan fingerprint density at radius 2 is 1.04 bits per heavy atom. The standard InChI is InChI=1S/C18H21F3N4O2.C18H24N4O.2C2H4/c19-18(20,21)27-16-3-1-14(2-4-16)24-17-13-15(5-6-23-17)22-7-8-25-9-11-26-12-10-25;1-15-2-4-16(5-3-15)21-18-14-17(6-7-20-18)19-8-9-22-10-12-23-13-11-22;2*1-2/h1-6,13H,7-12H2,(H2,22,23,24);2-7,14H,8-13H2,1H3,(H2,19,20,21);2*1-2H2. The normalized spacial score (nSPS) is 14.4. The second kappa shape index (κ2) is 24.2. The fraction of sp³-hybridized carbons (Fsp3) is 0.350. The van der Waals surface area contributed by atoms with Crippen molar-refractivity contribution in [1.29, 1.82) is 0 Å². The topological polar surface area (TPSA) is 108 Å². The van der Waals surface area contributed by atoms with Crippen LogP contribution in [-0.2, 0) is 9.47 Å². The number of hydrogen-bond donors (Lipinski definition) is 4. The van der Waals surface area contributed by atoms with Crippen LogP contribution in [0.25, 0.3) is 0 Å². The molecule has 14 heteroatoms. The first kappa shape index (κ1) is 43.3. The summed E-state index contributed by atoms with van der Waals surface area (Å²) in [5, 5.41) is 13.2. The molecule has 54 heavy (non-hydrogen) atoms. The minimum atomic E-state index is -4.70. The SMILES string of the molecule is C=C.C=C.Cc1ccc(Nc2cc(NCCN3CCOCC3)ccn2)cc1.FC(F)(F)Oc1ccc(Nc2cc(NCCN3CCOCC3)ccn2)cc1. The third kappa shape index (κ3) is 17.1. The molecule has 2 aromatic heterocycles. The Morgan fingerprint density at radius 3 is 1.44 bits per heavy atom. The molecule has 2 aliphatic heterocycles. The van der Waals surface area contributed by atoms with Crippen molar-refractivity contribution in [2.45, 2.75) is 13.3 Å². The molecule has 0 unspecified atom stereocenters. The molecular formula is C40H53F3N8O3. The minimum Gasteiger partial charge on any atom is -0.406 e. The van der Waals surface area contributed by atoms with Gasteiger partial charge >= 0.3 is 6.36 Å². The molecule has 292 valence electrons. The smallest absolute Gasteiger partial charge is 0.406 e. The van der Waals surface area contributed by atoms with Gasteiger partial charge in [0, 0.05) is 99.6 Å². The van der Waals surface area contributed by atoms with E-state index in [0.29, 0.717) is 11.5 Å². The van der Waals surface area contributed by atoms with E-state index >= 15 is 0 Å². The molecule has 2 aliphatic rings. The molecule has 0 bridgehead atoms. The highest BCUT2D eigenvalue weighted by Crippen LogP contribution is 2.25. The van der Waals surface area contributed by atoms with Crippen molar-refractivity contribution in [3.05, 3.63) is 117 Å². The lowest BCUT2D eigenvalue weighted by Gasteiger charge is -2.26. The number of pyridine rings is 2. The Bertz CT molecular complexity index is 1600. The van der Waals surface area contributed by atoms with Gasteiger partial charge in [0.25, 0.3) is 0 Å². The summed E-state index contributed by atoms with van der Waals surface area (Å²) in [7, 11) is 0. The van der Waals surface area contributed by atoms with Crippen LogP contribution in [0.2, 0.25) is 0 Å². The van der Waals surface area contributed by atoms with Crippen molar-refractivity contribution in [3.8, 4) is 5.75 Å². The van der Waals surface area contributed by atoms with Gasteiger partial charge in [-0.3, -0.25) is 9.80 Å². The number of halogens is 3. The van der Waals surface area contributed by atoms with Gasteiger partial charge in [-0.2, -0.15) is 0 Å². The van der Waals surface area contributed by atoms with Gasteiger partial charge in [0.05, 0.1) is 26.4 Å². The number of benzene rings is 2. The van der Waals surface area contributed by atoms with Crippen LogP contribution in [0.15, 0.2) is 112 Å². The molecule has 0 saturated carbocycles. The summed E-state index contributed by atoms with van der Waals surface area (Å²) in [6.45, 7) is 24.9. The number of anilines is 6. The highest BCUT2D eigenvalue weighted by atomic mass is 19.4. The first-order chi connectivity index (χ1) is 26.3. The van der Waals surface area contributed by atoms with Gasteiger partial charge in [-0.25, -0.2) is 9.97 Å². The van der Waals surface area contributed by atoms with Gasteiger partial charge in [0.15, 0.2) is 0 Å². The molecule has 0 spiro atoms. The molecule has 2 saturated heterocycles. The summed E-state index contributed by atoms with van der Waals surface area (Å²) >= 11 is 0. The zero-order valence-electron chi connectivity index (χ0n) is 31.0. The van der Waals surface area contributed by atoms with Gasteiger partial charge < -0.3 is 35.5 Å². The van der Waals surface area contributed by atoms with Crippen LogP contribution in [0.5, 0.6) is 5.75 Å². The van der Waals surface area contributed by atoms with Crippen molar-refractivity contribution in [2.24, 2.45) is 0 Å². The molecule has 6 rings (SSSR count). The van der Waals surface area contributed by atoms with Crippen LogP contribution < -0.4 is 26.0 Å². The fourth-order valence-electron chi connectivity index (χ4n) is 5.26. The zero-order valence-corrected chi connectivity index (χ0v) is 31.0. The lowest BCUT2D eigenvalue weighted by molar-refractivity contribution is -0.274. The maximum absolute atomic E-state index is 12.2. The highest BCUT2D eigenvalue weighted by Gasteiger charge is 2.31. The Morgan fingerprint density at radius 1 is 0.630 bits per heavy atom. The van der Waals surface area contributed by atoms with Gasteiger partial charge in [-0.15, -0.1) is 39.5 Å². The number of ether oxygens (including phenoxy) is 3. The van der Waals surface area contributed by atoms with Gasteiger partial charge in [0.1, 0.15) is 17.4 Å². The van der Waals surface area contributed by atoms with Crippen LogP contribution >= 0.6 is 0 Å². The summed E-state index contributed by atoms with van der Waals surface area (Å²) in [6.07, 6.45) is -1.20. The second-order valence-corrected chi connectivity index (χ2v) is 11.8. The van der Waals surface area contributed by atoms with Gasteiger partial charge in [-0.05, 0) is 55.5 Å². The molecule has 0 radical (unpaired) electrons. The molecule has 11 nitrogen and oxygen atoms in total. The number of nitrogens with one attached hydrogen (secondary N) is 4. The lowest BCUT2D eigenvalue weighted by atomic mass is 10.2. The van der Waals surface area contributed by atoms with E-state index in [0.717, 1.165) is 102 Å². The molecule has 0 aliphatic carbocycles. The fourth-order valence-corrected chi connectivity index (χ4v) is 5.26. The van der Waals surface area contributed by atoms with Crippen molar-refractivity contribution in [2.75, 3.05) is 100 Å². The van der Waals surface area contributed by atoms with E-state index in [-0.39, 0.29) is 5.75 Å². The van der Waals surface area contributed by atoms with Crippen LogP contribution in [0, 0.1) is 6.92 Å². The number of morpholine rings is 2.